The van der Waals surface area contributed by atoms with Gasteiger partial charge in [0, 0.05) is 42.5 Å². The van der Waals surface area contributed by atoms with Gasteiger partial charge in [0.1, 0.15) is 11.5 Å². The van der Waals surface area contributed by atoms with Gasteiger partial charge in [0.2, 0.25) is 5.88 Å². The third-order valence-corrected chi connectivity index (χ3v) is 5.01. The second-order valence-corrected chi connectivity index (χ2v) is 7.16. The van der Waals surface area contributed by atoms with E-state index in [4.69, 9.17) is 10.5 Å². The number of aromatic hydroxyl groups is 1. The Bertz CT molecular complexity index is 1290. The minimum absolute atomic E-state index is 0.103. The number of phenolic OH excluding ortho intramolecular Hbond substituents is 1. The SMILES string of the molecule is Cn1nc(-c2ccccc2O)cc1Oc1cc(C#N)ccc1-c1ccc(C(O)CN)cn1. The van der Waals surface area contributed by atoms with Gasteiger partial charge in [0.05, 0.1) is 29.1 Å². The van der Waals surface area contributed by atoms with Crippen molar-refractivity contribution in [2.45, 2.75) is 6.10 Å². The summed E-state index contributed by atoms with van der Waals surface area (Å²) in [6, 6.07) is 19.3. The van der Waals surface area contributed by atoms with Crippen LogP contribution in [-0.2, 0) is 7.05 Å². The van der Waals surface area contributed by atoms with Crippen molar-refractivity contribution in [2.75, 3.05) is 6.54 Å². The van der Waals surface area contributed by atoms with Gasteiger partial charge in [-0.15, -0.1) is 0 Å². The summed E-state index contributed by atoms with van der Waals surface area (Å²) in [5.74, 6) is 0.971. The number of pyridine rings is 1. The number of para-hydroxylation sites is 1. The summed E-state index contributed by atoms with van der Waals surface area (Å²) < 4.78 is 7.69. The van der Waals surface area contributed by atoms with Crippen molar-refractivity contribution in [1.82, 2.24) is 14.8 Å². The maximum Gasteiger partial charge on any atom is 0.218 e. The Morgan fingerprint density at radius 1 is 1.09 bits per heavy atom. The van der Waals surface area contributed by atoms with Crippen LogP contribution in [-0.4, -0.2) is 31.5 Å². The summed E-state index contributed by atoms with van der Waals surface area (Å²) in [7, 11) is 1.73. The first kappa shape index (κ1) is 21.1. The number of ether oxygens (including phenoxy) is 1. The van der Waals surface area contributed by atoms with Gasteiger partial charge in [0.15, 0.2) is 0 Å². The van der Waals surface area contributed by atoms with Gasteiger partial charge in [-0.05, 0) is 36.4 Å². The molecule has 2 heterocycles. The summed E-state index contributed by atoms with van der Waals surface area (Å²) in [6.45, 7) is 0.103. The van der Waals surface area contributed by atoms with Gasteiger partial charge >= 0.3 is 0 Å². The van der Waals surface area contributed by atoms with Crippen molar-refractivity contribution in [3.63, 3.8) is 0 Å². The molecular formula is C24H21N5O3. The number of nitrogens with zero attached hydrogens (tertiary/aromatic N) is 4. The van der Waals surface area contributed by atoms with Crippen LogP contribution in [0, 0.1) is 11.3 Å². The average molecular weight is 427 g/mol. The standard InChI is InChI=1S/C24H21N5O3/c1-29-24(11-20(28-29)17-4-2-3-5-21(17)30)32-23-10-15(12-25)6-8-18(23)19-9-7-16(14-27-19)22(31)13-26/h2-11,14,22,30-31H,13,26H2,1H3. The number of benzene rings is 2. The van der Waals surface area contributed by atoms with Gasteiger partial charge in [0.25, 0.3) is 0 Å². The highest BCUT2D eigenvalue weighted by molar-refractivity contribution is 5.70. The first-order valence-electron chi connectivity index (χ1n) is 9.89. The summed E-state index contributed by atoms with van der Waals surface area (Å²) in [5.41, 5.74) is 8.98. The van der Waals surface area contributed by atoms with Crippen molar-refractivity contribution in [2.24, 2.45) is 12.8 Å². The smallest absolute Gasteiger partial charge is 0.218 e. The van der Waals surface area contributed by atoms with Crippen LogP contribution in [0.15, 0.2) is 66.9 Å². The lowest BCUT2D eigenvalue weighted by atomic mass is 10.1. The monoisotopic (exact) mass is 427 g/mol. The lowest BCUT2D eigenvalue weighted by Gasteiger charge is -2.12. The van der Waals surface area contributed by atoms with E-state index < -0.39 is 6.10 Å². The second kappa shape index (κ2) is 8.89. The topological polar surface area (TPSA) is 130 Å². The van der Waals surface area contributed by atoms with E-state index in [1.165, 1.54) is 0 Å². The van der Waals surface area contributed by atoms with Gasteiger partial charge in [-0.25, -0.2) is 4.68 Å². The fourth-order valence-electron chi connectivity index (χ4n) is 3.27. The number of rotatable bonds is 6. The minimum atomic E-state index is -0.782. The van der Waals surface area contributed by atoms with E-state index in [0.717, 1.165) is 0 Å². The zero-order chi connectivity index (χ0) is 22.7. The maximum absolute atomic E-state index is 10.1. The second-order valence-electron chi connectivity index (χ2n) is 7.16. The first-order chi connectivity index (χ1) is 15.5. The van der Waals surface area contributed by atoms with Crippen LogP contribution in [0.3, 0.4) is 0 Å². The molecule has 4 N–H and O–H groups in total. The molecule has 1 atom stereocenters. The van der Waals surface area contributed by atoms with E-state index >= 15 is 0 Å². The molecular weight excluding hydrogens is 406 g/mol. The van der Waals surface area contributed by atoms with Crippen LogP contribution in [0.5, 0.6) is 17.4 Å². The van der Waals surface area contributed by atoms with Gasteiger partial charge in [-0.3, -0.25) is 4.98 Å². The summed E-state index contributed by atoms with van der Waals surface area (Å²) in [5, 5.41) is 33.8. The molecule has 4 aromatic rings. The molecule has 0 saturated heterocycles. The fraction of sp³-hybridized carbons (Fsp3) is 0.125. The molecule has 4 rings (SSSR count). The third kappa shape index (κ3) is 4.16. The van der Waals surface area contributed by atoms with Crippen LogP contribution in [0.2, 0.25) is 0 Å². The normalized spacial score (nSPS) is 11.7. The molecule has 160 valence electrons. The Morgan fingerprint density at radius 2 is 1.91 bits per heavy atom. The highest BCUT2D eigenvalue weighted by Crippen LogP contribution is 2.36. The molecule has 0 radical (unpaired) electrons. The van der Waals surface area contributed by atoms with Crippen molar-refractivity contribution >= 4 is 0 Å². The van der Waals surface area contributed by atoms with Crippen molar-refractivity contribution in [3.05, 3.63) is 78.0 Å². The number of aliphatic hydroxyl groups excluding tert-OH is 1. The average Bonchev–Trinajstić information content (AvgIpc) is 3.18. The summed E-state index contributed by atoms with van der Waals surface area (Å²) in [6.07, 6.45) is 0.783. The van der Waals surface area contributed by atoms with Crippen LogP contribution >= 0.6 is 0 Å². The molecule has 0 fully saturated rings. The van der Waals surface area contributed by atoms with E-state index in [2.05, 4.69) is 16.2 Å². The van der Waals surface area contributed by atoms with Gasteiger partial charge in [-0.2, -0.15) is 10.4 Å². The van der Waals surface area contributed by atoms with Crippen LogP contribution in [0.1, 0.15) is 17.2 Å². The van der Waals surface area contributed by atoms with Crippen molar-refractivity contribution < 1.29 is 14.9 Å². The molecule has 1 unspecified atom stereocenters. The molecule has 0 aliphatic carbocycles. The quantitative estimate of drug-likeness (QED) is 0.429. The molecule has 8 nitrogen and oxygen atoms in total. The van der Waals surface area contributed by atoms with Crippen LogP contribution in [0.4, 0.5) is 0 Å². The van der Waals surface area contributed by atoms with E-state index in [1.807, 2.05) is 6.07 Å². The number of aromatic nitrogens is 3. The summed E-state index contributed by atoms with van der Waals surface area (Å²) >= 11 is 0. The first-order valence-corrected chi connectivity index (χ1v) is 9.89. The zero-order valence-corrected chi connectivity index (χ0v) is 17.3. The molecule has 0 spiro atoms. The molecule has 0 aliphatic heterocycles. The highest BCUT2D eigenvalue weighted by atomic mass is 16.5. The molecule has 0 amide bonds. The van der Waals surface area contributed by atoms with Crippen molar-refractivity contribution in [3.8, 4) is 46.0 Å². The van der Waals surface area contributed by atoms with Gasteiger partial charge in [-0.1, -0.05) is 18.2 Å². The largest absolute Gasteiger partial charge is 0.507 e. The predicted molar refractivity (Wildman–Crippen MR) is 119 cm³/mol. The lowest BCUT2D eigenvalue weighted by molar-refractivity contribution is 0.186. The highest BCUT2D eigenvalue weighted by Gasteiger charge is 2.16. The van der Waals surface area contributed by atoms with Crippen LogP contribution < -0.4 is 10.5 Å². The minimum Gasteiger partial charge on any atom is -0.507 e. The lowest BCUT2D eigenvalue weighted by Crippen LogP contribution is -2.11. The van der Waals surface area contributed by atoms with E-state index in [0.29, 0.717) is 45.3 Å². The number of hydrogen-bond acceptors (Lipinski definition) is 7. The third-order valence-electron chi connectivity index (χ3n) is 5.01. The number of phenols is 1. The number of aryl methyl sites for hydroxylation is 1. The Hall–Kier alpha value is -4.19. The maximum atomic E-state index is 10.1. The predicted octanol–water partition coefficient (Wildman–Crippen LogP) is 3.51. The molecule has 2 aromatic heterocycles. The Labute approximate surface area is 184 Å². The molecule has 2 aromatic carbocycles. The molecule has 8 heteroatoms. The van der Waals surface area contributed by atoms with Crippen molar-refractivity contribution in [1.29, 1.82) is 5.26 Å². The summed E-state index contributed by atoms with van der Waals surface area (Å²) in [4.78, 5) is 4.43. The molecule has 0 aliphatic rings. The molecule has 0 saturated carbocycles. The number of nitrogens with two attached hydrogens (primary N) is 1. The van der Waals surface area contributed by atoms with E-state index in [9.17, 15) is 15.5 Å². The van der Waals surface area contributed by atoms with Crippen LogP contribution in [0.25, 0.3) is 22.5 Å². The Morgan fingerprint density at radius 3 is 2.59 bits per heavy atom. The number of aliphatic hydroxyl groups is 1. The fourth-order valence-corrected chi connectivity index (χ4v) is 3.27. The Kier molecular flexibility index (Phi) is 5.85. The number of hydrogen-bond donors (Lipinski definition) is 3. The Balaban J connectivity index is 1.72. The molecule has 32 heavy (non-hydrogen) atoms. The zero-order valence-electron chi connectivity index (χ0n) is 17.3. The molecule has 0 bridgehead atoms. The van der Waals surface area contributed by atoms with E-state index in [1.54, 1.807) is 72.5 Å². The van der Waals surface area contributed by atoms with E-state index in [-0.39, 0.29) is 12.3 Å². The van der Waals surface area contributed by atoms with Gasteiger partial charge < -0.3 is 20.7 Å². The number of nitriles is 1.